The summed E-state index contributed by atoms with van der Waals surface area (Å²) in [6.07, 6.45) is 8.23. The van der Waals surface area contributed by atoms with Crippen LogP contribution in [0, 0.1) is 5.92 Å². The molecule has 0 bridgehead atoms. The normalized spacial score (nSPS) is 42.6. The molecule has 1 spiro atoms. The predicted octanol–water partition coefficient (Wildman–Crippen LogP) is 3.52. The molecule has 4 heteroatoms. The van der Waals surface area contributed by atoms with E-state index in [-0.39, 0.29) is 0 Å². The second kappa shape index (κ2) is 5.66. The molecule has 3 rings (SSSR count). The fourth-order valence-corrected chi connectivity index (χ4v) is 5.56. The Morgan fingerprint density at radius 2 is 2.17 bits per heavy atom. The molecule has 2 aliphatic heterocycles. The van der Waals surface area contributed by atoms with E-state index in [4.69, 9.17) is 4.99 Å². The van der Waals surface area contributed by atoms with E-state index in [1.54, 1.807) is 0 Å². The standard InChI is InChI=1S/C14H24N2S2/c1-11-4-6-14(7-5-11)10-18-13(16-14)15-9-12-3-2-8-17-12/h11-12H,2-10H2,1H3,(H,15,16). The third kappa shape index (κ3) is 3.01. The maximum atomic E-state index is 4.82. The average Bonchev–Trinajstić information content (AvgIpc) is 3.02. The molecule has 1 atom stereocenters. The SMILES string of the molecule is CC1CCC2(CC1)CSC(=NCC1CCCS1)N2. The topological polar surface area (TPSA) is 24.4 Å². The zero-order valence-corrected chi connectivity index (χ0v) is 12.9. The second-order valence-electron chi connectivity index (χ2n) is 6.16. The van der Waals surface area contributed by atoms with Crippen LogP contribution in [0.2, 0.25) is 0 Å². The van der Waals surface area contributed by atoms with Gasteiger partial charge < -0.3 is 5.32 Å². The molecule has 1 aliphatic carbocycles. The lowest BCUT2D eigenvalue weighted by molar-refractivity contribution is 0.251. The average molecular weight is 284 g/mol. The smallest absolute Gasteiger partial charge is 0.157 e. The van der Waals surface area contributed by atoms with Gasteiger partial charge in [0.15, 0.2) is 5.17 Å². The summed E-state index contributed by atoms with van der Waals surface area (Å²) in [5.74, 6) is 3.52. The first-order valence-electron chi connectivity index (χ1n) is 7.33. The third-order valence-electron chi connectivity index (χ3n) is 4.55. The van der Waals surface area contributed by atoms with Gasteiger partial charge in [-0.05, 0) is 50.2 Å². The van der Waals surface area contributed by atoms with Crippen LogP contribution in [0.25, 0.3) is 0 Å². The first-order chi connectivity index (χ1) is 8.76. The lowest BCUT2D eigenvalue weighted by Gasteiger charge is -2.35. The van der Waals surface area contributed by atoms with E-state index in [9.17, 15) is 0 Å². The molecule has 1 unspecified atom stereocenters. The van der Waals surface area contributed by atoms with E-state index in [1.165, 1.54) is 55.2 Å². The molecule has 1 saturated carbocycles. The summed E-state index contributed by atoms with van der Waals surface area (Å²) < 4.78 is 0. The van der Waals surface area contributed by atoms with Gasteiger partial charge in [0.05, 0.1) is 6.54 Å². The molecule has 2 saturated heterocycles. The largest absolute Gasteiger partial charge is 0.359 e. The van der Waals surface area contributed by atoms with Gasteiger partial charge >= 0.3 is 0 Å². The molecule has 1 N–H and O–H groups in total. The fourth-order valence-electron chi connectivity index (χ4n) is 3.15. The summed E-state index contributed by atoms with van der Waals surface area (Å²) >= 11 is 4.07. The molecule has 102 valence electrons. The van der Waals surface area contributed by atoms with Crippen molar-refractivity contribution >= 4 is 28.7 Å². The summed E-state index contributed by atoms with van der Waals surface area (Å²) in [6.45, 7) is 3.42. The molecule has 3 fully saturated rings. The summed E-state index contributed by atoms with van der Waals surface area (Å²) in [4.78, 5) is 4.82. The van der Waals surface area contributed by atoms with Crippen molar-refractivity contribution in [2.75, 3.05) is 18.1 Å². The first kappa shape index (κ1) is 13.2. The highest BCUT2D eigenvalue weighted by Gasteiger charge is 2.39. The minimum atomic E-state index is 0.402. The zero-order valence-electron chi connectivity index (χ0n) is 11.3. The molecular weight excluding hydrogens is 260 g/mol. The Bertz CT molecular complexity index is 316. The van der Waals surface area contributed by atoms with E-state index in [1.807, 2.05) is 11.8 Å². The van der Waals surface area contributed by atoms with Crippen LogP contribution >= 0.6 is 23.5 Å². The van der Waals surface area contributed by atoms with Gasteiger partial charge in [0, 0.05) is 16.5 Å². The molecular formula is C14H24N2S2. The van der Waals surface area contributed by atoms with Crippen molar-refractivity contribution in [3.05, 3.63) is 0 Å². The van der Waals surface area contributed by atoms with E-state index < -0.39 is 0 Å². The molecule has 0 radical (unpaired) electrons. The van der Waals surface area contributed by atoms with Crippen molar-refractivity contribution in [2.45, 2.75) is 56.2 Å². The van der Waals surface area contributed by atoms with Crippen molar-refractivity contribution < 1.29 is 0 Å². The van der Waals surface area contributed by atoms with E-state index in [0.717, 1.165) is 17.7 Å². The lowest BCUT2D eigenvalue weighted by Crippen LogP contribution is -2.46. The summed E-state index contributed by atoms with van der Waals surface area (Å²) in [7, 11) is 0. The Morgan fingerprint density at radius 1 is 1.33 bits per heavy atom. The lowest BCUT2D eigenvalue weighted by atomic mass is 9.78. The maximum Gasteiger partial charge on any atom is 0.157 e. The number of thioether (sulfide) groups is 2. The highest BCUT2D eigenvalue weighted by molar-refractivity contribution is 8.14. The monoisotopic (exact) mass is 284 g/mol. The third-order valence-corrected chi connectivity index (χ3v) is 7.13. The first-order valence-corrected chi connectivity index (χ1v) is 9.36. The van der Waals surface area contributed by atoms with Gasteiger partial charge in [0.25, 0.3) is 0 Å². The molecule has 0 aromatic carbocycles. The van der Waals surface area contributed by atoms with Crippen LogP contribution in [0.1, 0.15) is 45.4 Å². The molecule has 18 heavy (non-hydrogen) atoms. The van der Waals surface area contributed by atoms with Crippen LogP contribution in [-0.4, -0.2) is 34.0 Å². The van der Waals surface area contributed by atoms with Crippen molar-refractivity contribution in [3.8, 4) is 0 Å². The van der Waals surface area contributed by atoms with Crippen LogP contribution in [0.4, 0.5) is 0 Å². The van der Waals surface area contributed by atoms with Gasteiger partial charge in [-0.2, -0.15) is 11.8 Å². The number of nitrogens with zero attached hydrogens (tertiary/aromatic N) is 1. The molecule has 0 amide bonds. The van der Waals surface area contributed by atoms with E-state index >= 15 is 0 Å². The summed E-state index contributed by atoms with van der Waals surface area (Å²) in [5.41, 5.74) is 0.402. The summed E-state index contributed by atoms with van der Waals surface area (Å²) in [6, 6.07) is 0. The Labute approximate surface area is 119 Å². The zero-order chi connectivity index (χ0) is 12.4. The van der Waals surface area contributed by atoms with Crippen molar-refractivity contribution in [3.63, 3.8) is 0 Å². The number of hydrogen-bond donors (Lipinski definition) is 1. The van der Waals surface area contributed by atoms with Crippen molar-refractivity contribution in [1.29, 1.82) is 0 Å². The molecule has 2 nitrogen and oxygen atoms in total. The minimum Gasteiger partial charge on any atom is -0.359 e. The molecule has 2 heterocycles. The van der Waals surface area contributed by atoms with Gasteiger partial charge in [-0.15, -0.1) is 0 Å². The van der Waals surface area contributed by atoms with Gasteiger partial charge in [0.2, 0.25) is 0 Å². The Morgan fingerprint density at radius 3 is 2.89 bits per heavy atom. The molecule has 0 aromatic rings. The Kier molecular flexibility index (Phi) is 4.14. The number of rotatable bonds is 2. The summed E-state index contributed by atoms with van der Waals surface area (Å²) in [5, 5.41) is 5.78. The number of hydrogen-bond acceptors (Lipinski definition) is 3. The number of aliphatic imine (C=N–C) groups is 1. The van der Waals surface area contributed by atoms with Gasteiger partial charge in [-0.25, -0.2) is 0 Å². The Hall–Kier alpha value is 0.170. The van der Waals surface area contributed by atoms with Crippen LogP contribution in [-0.2, 0) is 0 Å². The van der Waals surface area contributed by atoms with E-state index in [0.29, 0.717) is 5.54 Å². The van der Waals surface area contributed by atoms with Gasteiger partial charge in [-0.3, -0.25) is 4.99 Å². The minimum absolute atomic E-state index is 0.402. The highest BCUT2D eigenvalue weighted by atomic mass is 32.2. The quantitative estimate of drug-likeness (QED) is 0.839. The van der Waals surface area contributed by atoms with Crippen LogP contribution in [0.15, 0.2) is 4.99 Å². The maximum absolute atomic E-state index is 4.82. The fraction of sp³-hybridized carbons (Fsp3) is 0.929. The Balaban J connectivity index is 1.52. The van der Waals surface area contributed by atoms with Crippen LogP contribution in [0.3, 0.4) is 0 Å². The number of amidine groups is 1. The highest BCUT2D eigenvalue weighted by Crippen LogP contribution is 2.38. The predicted molar refractivity (Wildman–Crippen MR) is 83.7 cm³/mol. The van der Waals surface area contributed by atoms with E-state index in [2.05, 4.69) is 24.0 Å². The van der Waals surface area contributed by atoms with Gasteiger partial charge in [-0.1, -0.05) is 18.7 Å². The van der Waals surface area contributed by atoms with Crippen molar-refractivity contribution in [1.82, 2.24) is 5.32 Å². The van der Waals surface area contributed by atoms with Crippen LogP contribution in [0.5, 0.6) is 0 Å². The number of nitrogens with one attached hydrogen (secondary N) is 1. The second-order valence-corrected chi connectivity index (χ2v) is 8.53. The van der Waals surface area contributed by atoms with Crippen molar-refractivity contribution in [2.24, 2.45) is 10.9 Å². The van der Waals surface area contributed by atoms with Gasteiger partial charge in [0.1, 0.15) is 0 Å². The molecule has 0 aromatic heterocycles. The molecule has 3 aliphatic rings. The van der Waals surface area contributed by atoms with Crippen LogP contribution < -0.4 is 5.32 Å².